The third-order valence-corrected chi connectivity index (χ3v) is 7.84. The number of benzene rings is 1. The highest BCUT2D eigenvalue weighted by Gasteiger charge is 2.38. The fourth-order valence-corrected chi connectivity index (χ4v) is 6.14. The molecule has 1 aromatic carbocycles. The molecule has 0 saturated carbocycles. The van der Waals surface area contributed by atoms with Crippen LogP contribution in [0.25, 0.3) is 10.2 Å². The van der Waals surface area contributed by atoms with Gasteiger partial charge >= 0.3 is 0 Å². The summed E-state index contributed by atoms with van der Waals surface area (Å²) >= 11 is 1.76. The number of fused-ring (bicyclic) bond motifs is 3. The van der Waals surface area contributed by atoms with Crippen molar-refractivity contribution < 1.29 is 4.79 Å². The highest BCUT2D eigenvalue weighted by Crippen LogP contribution is 2.33. The van der Waals surface area contributed by atoms with Crippen LogP contribution in [0.5, 0.6) is 0 Å². The first-order valence-corrected chi connectivity index (χ1v) is 11.1. The van der Waals surface area contributed by atoms with E-state index in [9.17, 15) is 4.79 Å². The molecule has 1 aromatic heterocycles. The van der Waals surface area contributed by atoms with Gasteiger partial charge in [-0.2, -0.15) is 0 Å². The number of hydrogen-bond donors (Lipinski definition) is 1. The number of carbonyl (C=O) groups is 1. The minimum atomic E-state index is 0.174. The number of rotatable bonds is 3. The number of anilines is 1. The van der Waals surface area contributed by atoms with Gasteiger partial charge in [0.15, 0.2) is 5.13 Å². The van der Waals surface area contributed by atoms with Crippen molar-refractivity contribution in [1.29, 1.82) is 0 Å². The normalized spacial score (nSPS) is 28.6. The fraction of sp³-hybridized carbons (Fsp3) is 0.619. The van der Waals surface area contributed by atoms with Crippen molar-refractivity contribution in [3.63, 3.8) is 0 Å². The maximum atomic E-state index is 13.1. The van der Waals surface area contributed by atoms with Gasteiger partial charge in [-0.25, -0.2) is 4.98 Å². The van der Waals surface area contributed by atoms with E-state index < -0.39 is 0 Å². The molecule has 27 heavy (non-hydrogen) atoms. The Morgan fingerprint density at radius 1 is 1.15 bits per heavy atom. The molecule has 1 N–H and O–H groups in total. The molecule has 5 rings (SSSR count). The van der Waals surface area contributed by atoms with Crippen molar-refractivity contribution in [3.8, 4) is 0 Å². The van der Waals surface area contributed by atoms with Gasteiger partial charge in [0.05, 0.1) is 10.2 Å². The van der Waals surface area contributed by atoms with Crippen LogP contribution in [0.2, 0.25) is 0 Å². The van der Waals surface area contributed by atoms with Gasteiger partial charge in [0.25, 0.3) is 0 Å². The first kappa shape index (κ1) is 17.4. The summed E-state index contributed by atoms with van der Waals surface area (Å²) in [6, 6.07) is 10.0. The van der Waals surface area contributed by atoms with Gasteiger partial charge in [-0.3, -0.25) is 4.79 Å². The highest BCUT2D eigenvalue weighted by molar-refractivity contribution is 7.22. The number of piperidine rings is 2. The fourth-order valence-electron chi connectivity index (χ4n) is 5.12. The van der Waals surface area contributed by atoms with Crippen LogP contribution < -0.4 is 10.2 Å². The summed E-state index contributed by atoms with van der Waals surface area (Å²) < 4.78 is 1.24. The van der Waals surface area contributed by atoms with Crippen molar-refractivity contribution in [2.24, 2.45) is 5.92 Å². The standard InChI is InChI=1S/C21H28N4OS/c1-24(17-12-15-6-7-16(13-17)22-15)20(26)14-8-10-25(11-9-14)21-23-18-4-2-3-5-19(18)27-21/h2-5,14-17,22H,6-13H2,1H3. The van der Waals surface area contributed by atoms with E-state index in [1.807, 2.05) is 13.1 Å². The first-order valence-electron chi connectivity index (χ1n) is 10.3. The Kier molecular flexibility index (Phi) is 4.56. The second kappa shape index (κ2) is 7.06. The van der Waals surface area contributed by atoms with Gasteiger partial charge in [-0.05, 0) is 50.7 Å². The molecule has 3 saturated heterocycles. The van der Waals surface area contributed by atoms with Crippen LogP contribution in [0.1, 0.15) is 38.5 Å². The van der Waals surface area contributed by atoms with E-state index in [1.165, 1.54) is 17.5 Å². The zero-order valence-corrected chi connectivity index (χ0v) is 16.8. The largest absolute Gasteiger partial charge is 0.348 e. The minimum absolute atomic E-state index is 0.174. The molecule has 1 amide bonds. The predicted molar refractivity (Wildman–Crippen MR) is 110 cm³/mol. The summed E-state index contributed by atoms with van der Waals surface area (Å²) in [6.45, 7) is 1.86. The zero-order chi connectivity index (χ0) is 18.4. The maximum absolute atomic E-state index is 13.1. The quantitative estimate of drug-likeness (QED) is 0.882. The van der Waals surface area contributed by atoms with Gasteiger partial charge in [-0.15, -0.1) is 0 Å². The van der Waals surface area contributed by atoms with Crippen LogP contribution >= 0.6 is 11.3 Å². The van der Waals surface area contributed by atoms with E-state index in [2.05, 4.69) is 33.3 Å². The van der Waals surface area contributed by atoms with Crippen LogP contribution in [0, 0.1) is 5.92 Å². The molecule has 5 nitrogen and oxygen atoms in total. The number of carbonyl (C=O) groups excluding carboxylic acids is 1. The average Bonchev–Trinajstić information content (AvgIpc) is 3.29. The molecule has 2 atom stereocenters. The Hall–Kier alpha value is -1.66. The van der Waals surface area contributed by atoms with Crippen LogP contribution in [-0.2, 0) is 4.79 Å². The Labute approximate surface area is 164 Å². The smallest absolute Gasteiger partial charge is 0.225 e. The molecule has 3 aliphatic rings. The Morgan fingerprint density at radius 3 is 2.56 bits per heavy atom. The molecule has 2 aromatic rings. The van der Waals surface area contributed by atoms with E-state index >= 15 is 0 Å². The Bertz CT molecular complexity index is 783. The molecule has 4 heterocycles. The summed E-state index contributed by atoms with van der Waals surface area (Å²) in [6.07, 6.45) is 6.70. The van der Waals surface area contributed by atoms with Crippen LogP contribution in [0.3, 0.4) is 0 Å². The topological polar surface area (TPSA) is 48.5 Å². The number of nitrogens with zero attached hydrogens (tertiary/aromatic N) is 3. The van der Waals surface area contributed by atoms with Crippen molar-refractivity contribution in [2.75, 3.05) is 25.0 Å². The second-order valence-electron chi connectivity index (χ2n) is 8.44. The number of nitrogens with one attached hydrogen (secondary N) is 1. The molecule has 0 spiro atoms. The summed E-state index contributed by atoms with van der Waals surface area (Å²) in [4.78, 5) is 22.3. The summed E-state index contributed by atoms with van der Waals surface area (Å²) in [5, 5.41) is 4.78. The molecular weight excluding hydrogens is 356 g/mol. The van der Waals surface area contributed by atoms with E-state index in [0.717, 1.165) is 49.4 Å². The molecule has 6 heteroatoms. The number of hydrogen-bond acceptors (Lipinski definition) is 5. The number of para-hydroxylation sites is 1. The molecule has 2 bridgehead atoms. The Morgan fingerprint density at radius 2 is 1.85 bits per heavy atom. The monoisotopic (exact) mass is 384 g/mol. The van der Waals surface area contributed by atoms with Gasteiger partial charge in [0.2, 0.25) is 5.91 Å². The first-order chi connectivity index (χ1) is 13.2. The molecule has 0 radical (unpaired) electrons. The lowest BCUT2D eigenvalue weighted by Gasteiger charge is -2.39. The van der Waals surface area contributed by atoms with Gasteiger partial charge in [-0.1, -0.05) is 23.5 Å². The Balaban J connectivity index is 1.20. The van der Waals surface area contributed by atoms with E-state index in [1.54, 1.807) is 11.3 Å². The van der Waals surface area contributed by atoms with Crippen molar-refractivity contribution >= 4 is 32.6 Å². The van der Waals surface area contributed by atoms with E-state index in [4.69, 9.17) is 4.98 Å². The third-order valence-electron chi connectivity index (χ3n) is 6.74. The summed E-state index contributed by atoms with van der Waals surface area (Å²) in [5.41, 5.74) is 1.08. The van der Waals surface area contributed by atoms with E-state index in [0.29, 0.717) is 24.0 Å². The average molecular weight is 385 g/mol. The molecule has 0 aliphatic carbocycles. The van der Waals surface area contributed by atoms with Crippen LogP contribution in [0.15, 0.2) is 24.3 Å². The van der Waals surface area contributed by atoms with Crippen molar-refractivity contribution in [2.45, 2.75) is 56.7 Å². The van der Waals surface area contributed by atoms with Crippen molar-refractivity contribution in [1.82, 2.24) is 15.2 Å². The SMILES string of the molecule is CN(C(=O)C1CCN(c2nc3ccccc3s2)CC1)C1CC2CCC(C1)N2. The number of amides is 1. The maximum Gasteiger partial charge on any atom is 0.225 e. The summed E-state index contributed by atoms with van der Waals surface area (Å²) in [7, 11) is 2.04. The molecule has 3 fully saturated rings. The molecular formula is C21H28N4OS. The second-order valence-corrected chi connectivity index (χ2v) is 9.45. The van der Waals surface area contributed by atoms with E-state index in [-0.39, 0.29) is 5.92 Å². The zero-order valence-electron chi connectivity index (χ0n) is 15.9. The van der Waals surface area contributed by atoms with Gasteiger partial charge in [0, 0.05) is 44.2 Å². The van der Waals surface area contributed by atoms with Gasteiger partial charge < -0.3 is 15.1 Å². The molecule has 3 aliphatic heterocycles. The predicted octanol–water partition coefficient (Wildman–Crippen LogP) is 3.25. The lowest BCUT2D eigenvalue weighted by Crippen LogP contribution is -2.51. The molecule has 144 valence electrons. The van der Waals surface area contributed by atoms with Gasteiger partial charge in [0.1, 0.15) is 0 Å². The van der Waals surface area contributed by atoms with Crippen LogP contribution in [0.4, 0.5) is 5.13 Å². The molecule has 2 unspecified atom stereocenters. The summed E-state index contributed by atoms with van der Waals surface area (Å²) in [5.74, 6) is 0.540. The van der Waals surface area contributed by atoms with Crippen molar-refractivity contribution in [3.05, 3.63) is 24.3 Å². The lowest BCUT2D eigenvalue weighted by atomic mass is 9.92. The lowest BCUT2D eigenvalue weighted by molar-refractivity contribution is -0.137. The third kappa shape index (κ3) is 3.34. The number of thiazole rings is 1. The highest BCUT2D eigenvalue weighted by atomic mass is 32.1. The number of aromatic nitrogens is 1. The van der Waals surface area contributed by atoms with Crippen LogP contribution in [-0.4, -0.2) is 54.1 Å². The minimum Gasteiger partial charge on any atom is -0.348 e.